The van der Waals surface area contributed by atoms with Gasteiger partial charge in [-0.3, -0.25) is 9.59 Å². The molecule has 0 atom stereocenters. The first kappa shape index (κ1) is 15.2. The number of hydrogen-bond acceptors (Lipinski definition) is 3. The van der Waals surface area contributed by atoms with Gasteiger partial charge in [-0.1, -0.05) is 19.1 Å². The number of carbonyl (C=O) groups is 2. The number of hydrogen-bond donors (Lipinski definition) is 1. The van der Waals surface area contributed by atoms with Crippen molar-refractivity contribution in [2.75, 3.05) is 20.2 Å². The van der Waals surface area contributed by atoms with Crippen LogP contribution in [0, 0.1) is 0 Å². The number of amides is 1. The van der Waals surface area contributed by atoms with Gasteiger partial charge in [0.25, 0.3) is 5.91 Å². The van der Waals surface area contributed by atoms with Gasteiger partial charge in [-0.25, -0.2) is 0 Å². The summed E-state index contributed by atoms with van der Waals surface area (Å²) >= 11 is 0. The lowest BCUT2D eigenvalue weighted by Gasteiger charge is -2.20. The van der Waals surface area contributed by atoms with Gasteiger partial charge >= 0.3 is 5.97 Å². The fraction of sp³-hybridized carbons (Fsp3) is 0.429. The molecule has 0 saturated carbocycles. The molecule has 19 heavy (non-hydrogen) atoms. The van der Waals surface area contributed by atoms with Crippen LogP contribution < -0.4 is 0 Å². The van der Waals surface area contributed by atoms with Gasteiger partial charge in [-0.15, -0.1) is 0 Å². The number of benzene rings is 1. The van der Waals surface area contributed by atoms with E-state index in [0.717, 1.165) is 12.0 Å². The highest BCUT2D eigenvalue weighted by molar-refractivity contribution is 5.96. The molecule has 1 aromatic carbocycles. The van der Waals surface area contributed by atoms with Gasteiger partial charge < -0.3 is 14.7 Å². The number of carboxylic acid groups (broad SMARTS) is 1. The molecule has 0 bridgehead atoms. The second kappa shape index (κ2) is 7.53. The lowest BCUT2D eigenvalue weighted by molar-refractivity contribution is -0.137. The minimum atomic E-state index is -1.00. The van der Waals surface area contributed by atoms with E-state index in [4.69, 9.17) is 9.84 Å². The van der Waals surface area contributed by atoms with Crippen molar-refractivity contribution in [2.45, 2.75) is 20.0 Å². The summed E-state index contributed by atoms with van der Waals surface area (Å²) in [6.45, 7) is 2.48. The van der Waals surface area contributed by atoms with Crippen molar-refractivity contribution >= 4 is 11.9 Å². The normalized spacial score (nSPS) is 10.2. The van der Waals surface area contributed by atoms with Crippen molar-refractivity contribution in [3.05, 3.63) is 35.4 Å². The predicted molar refractivity (Wildman–Crippen MR) is 71.0 cm³/mol. The Bertz CT molecular complexity index is 445. The Morgan fingerprint density at radius 2 is 2.11 bits per heavy atom. The summed E-state index contributed by atoms with van der Waals surface area (Å²) in [6.07, 6.45) is 0.719. The Kier molecular flexibility index (Phi) is 6.02. The van der Waals surface area contributed by atoms with Crippen LogP contribution in [0.4, 0.5) is 0 Å². The topological polar surface area (TPSA) is 66.8 Å². The second-order valence-corrected chi connectivity index (χ2v) is 4.25. The molecule has 1 aromatic rings. The molecule has 1 N–H and O–H groups in total. The summed E-state index contributed by atoms with van der Waals surface area (Å²) in [6, 6.07) is 7.05. The lowest BCUT2D eigenvalue weighted by atomic mass is 10.1. The Hall–Kier alpha value is -1.88. The summed E-state index contributed by atoms with van der Waals surface area (Å²) in [7, 11) is 1.59. The molecular weight excluding hydrogens is 246 g/mol. The molecule has 1 amide bonds. The zero-order valence-corrected chi connectivity index (χ0v) is 11.3. The first-order valence-corrected chi connectivity index (χ1v) is 6.17. The van der Waals surface area contributed by atoms with Crippen LogP contribution in [0.2, 0.25) is 0 Å². The van der Waals surface area contributed by atoms with E-state index in [0.29, 0.717) is 18.7 Å². The standard InChI is InChI=1S/C14H19NO4/c1-3-7-15(9-13(16)17)14(18)12-6-4-5-11(8-12)10-19-2/h4-6,8H,3,7,9-10H2,1-2H3,(H,16,17). The van der Waals surface area contributed by atoms with Crippen molar-refractivity contribution < 1.29 is 19.4 Å². The van der Waals surface area contributed by atoms with Crippen LogP contribution in [0.3, 0.4) is 0 Å². The van der Waals surface area contributed by atoms with Crippen LogP contribution in [-0.4, -0.2) is 42.1 Å². The Labute approximate surface area is 112 Å². The zero-order chi connectivity index (χ0) is 14.3. The molecule has 0 aliphatic rings. The third kappa shape index (κ3) is 4.71. The molecule has 0 aliphatic heterocycles. The summed E-state index contributed by atoms with van der Waals surface area (Å²) in [5.41, 5.74) is 1.38. The molecule has 0 saturated heterocycles. The van der Waals surface area contributed by atoms with E-state index >= 15 is 0 Å². The Balaban J connectivity index is 2.88. The van der Waals surface area contributed by atoms with Gasteiger partial charge in [0.2, 0.25) is 0 Å². The maximum Gasteiger partial charge on any atom is 0.323 e. The van der Waals surface area contributed by atoms with E-state index in [1.807, 2.05) is 13.0 Å². The molecule has 0 radical (unpaired) electrons. The molecule has 0 unspecified atom stereocenters. The van der Waals surface area contributed by atoms with E-state index in [2.05, 4.69) is 0 Å². The van der Waals surface area contributed by atoms with Gasteiger partial charge in [-0.2, -0.15) is 0 Å². The van der Waals surface area contributed by atoms with Crippen molar-refractivity contribution in [3.8, 4) is 0 Å². The van der Waals surface area contributed by atoms with Crippen LogP contribution in [0.5, 0.6) is 0 Å². The number of methoxy groups -OCH3 is 1. The van der Waals surface area contributed by atoms with Crippen molar-refractivity contribution in [2.24, 2.45) is 0 Å². The van der Waals surface area contributed by atoms with Gasteiger partial charge in [-0.05, 0) is 24.1 Å². The van der Waals surface area contributed by atoms with Crippen LogP contribution in [0.15, 0.2) is 24.3 Å². The van der Waals surface area contributed by atoms with Gasteiger partial charge in [0, 0.05) is 19.2 Å². The first-order chi connectivity index (χ1) is 9.08. The van der Waals surface area contributed by atoms with Crippen LogP contribution in [0.25, 0.3) is 0 Å². The van der Waals surface area contributed by atoms with Crippen LogP contribution in [-0.2, 0) is 16.1 Å². The first-order valence-electron chi connectivity index (χ1n) is 6.17. The van der Waals surface area contributed by atoms with Gasteiger partial charge in [0.15, 0.2) is 0 Å². The number of nitrogens with zero attached hydrogens (tertiary/aromatic N) is 1. The molecule has 104 valence electrons. The molecule has 0 aliphatic carbocycles. The second-order valence-electron chi connectivity index (χ2n) is 4.25. The van der Waals surface area contributed by atoms with E-state index in [-0.39, 0.29) is 12.5 Å². The summed E-state index contributed by atoms with van der Waals surface area (Å²) < 4.78 is 5.02. The van der Waals surface area contributed by atoms with Gasteiger partial charge in [0.1, 0.15) is 6.54 Å². The monoisotopic (exact) mass is 265 g/mol. The smallest absolute Gasteiger partial charge is 0.323 e. The molecule has 5 heteroatoms. The summed E-state index contributed by atoms with van der Waals surface area (Å²) in [5.74, 6) is -1.27. The van der Waals surface area contributed by atoms with Crippen molar-refractivity contribution in [3.63, 3.8) is 0 Å². The third-order valence-corrected chi connectivity index (χ3v) is 2.59. The largest absolute Gasteiger partial charge is 0.480 e. The number of carbonyl (C=O) groups excluding carboxylic acids is 1. The van der Waals surface area contributed by atoms with E-state index in [1.165, 1.54) is 4.90 Å². The highest BCUT2D eigenvalue weighted by Crippen LogP contribution is 2.10. The minimum Gasteiger partial charge on any atom is -0.480 e. The maximum absolute atomic E-state index is 12.2. The molecule has 0 spiro atoms. The quantitative estimate of drug-likeness (QED) is 0.816. The third-order valence-electron chi connectivity index (χ3n) is 2.59. The number of aliphatic carboxylic acids is 1. The number of carboxylic acids is 1. The highest BCUT2D eigenvalue weighted by Gasteiger charge is 2.17. The molecule has 0 heterocycles. The van der Waals surface area contributed by atoms with Crippen LogP contribution in [0.1, 0.15) is 29.3 Å². The fourth-order valence-electron chi connectivity index (χ4n) is 1.83. The van der Waals surface area contributed by atoms with E-state index < -0.39 is 5.97 Å². The average Bonchev–Trinajstić information content (AvgIpc) is 2.37. The fourth-order valence-corrected chi connectivity index (χ4v) is 1.83. The Morgan fingerprint density at radius 3 is 2.68 bits per heavy atom. The molecule has 0 fully saturated rings. The minimum absolute atomic E-state index is 0.262. The number of rotatable bonds is 7. The SMILES string of the molecule is CCCN(CC(=O)O)C(=O)c1cccc(COC)c1. The van der Waals surface area contributed by atoms with Crippen LogP contribution >= 0.6 is 0 Å². The molecule has 0 aromatic heterocycles. The van der Waals surface area contributed by atoms with Crippen molar-refractivity contribution in [1.29, 1.82) is 0 Å². The van der Waals surface area contributed by atoms with Gasteiger partial charge in [0.05, 0.1) is 6.61 Å². The number of ether oxygens (including phenoxy) is 1. The van der Waals surface area contributed by atoms with E-state index in [1.54, 1.807) is 25.3 Å². The van der Waals surface area contributed by atoms with E-state index in [9.17, 15) is 9.59 Å². The maximum atomic E-state index is 12.2. The lowest BCUT2D eigenvalue weighted by Crippen LogP contribution is -2.36. The zero-order valence-electron chi connectivity index (χ0n) is 11.3. The average molecular weight is 265 g/mol. The highest BCUT2D eigenvalue weighted by atomic mass is 16.5. The summed E-state index contributed by atoms with van der Waals surface area (Å²) in [5, 5.41) is 8.83. The molecule has 5 nitrogen and oxygen atoms in total. The molecular formula is C14H19NO4. The molecule has 1 rings (SSSR count). The predicted octanol–water partition coefficient (Wildman–Crippen LogP) is 1.77. The van der Waals surface area contributed by atoms with Crippen molar-refractivity contribution in [1.82, 2.24) is 4.90 Å². The summed E-state index contributed by atoms with van der Waals surface area (Å²) in [4.78, 5) is 24.4. The Morgan fingerprint density at radius 1 is 1.37 bits per heavy atom.